The highest BCUT2D eigenvalue weighted by Crippen LogP contribution is 2.06. The molecule has 0 aliphatic carbocycles. The second kappa shape index (κ2) is 8.38. The monoisotopic (exact) mass is 271 g/mol. The molecule has 0 aliphatic heterocycles. The van der Waals surface area contributed by atoms with Crippen LogP contribution in [0.25, 0.3) is 0 Å². The Morgan fingerprint density at radius 1 is 1.42 bits per heavy atom. The third kappa shape index (κ3) is 9.92. The Kier molecular flexibility index (Phi) is 7.61. The first kappa shape index (κ1) is 17.3. The number of unbranched alkanes of at least 4 members (excludes halogenated alkanes) is 1. The molecule has 0 fully saturated rings. The molecule has 0 saturated heterocycles. The topological polar surface area (TPSA) is 84.9 Å². The Labute approximate surface area is 113 Å². The number of rotatable bonds is 7. The van der Waals surface area contributed by atoms with E-state index in [1.54, 1.807) is 20.8 Å². The van der Waals surface area contributed by atoms with E-state index < -0.39 is 23.7 Å². The highest BCUT2D eigenvalue weighted by molar-refractivity contribution is 5.80. The van der Waals surface area contributed by atoms with Crippen LogP contribution in [-0.2, 0) is 14.3 Å². The van der Waals surface area contributed by atoms with E-state index in [0.717, 1.165) is 0 Å². The molecule has 6 nitrogen and oxygen atoms in total. The van der Waals surface area contributed by atoms with Crippen molar-refractivity contribution in [1.29, 1.82) is 0 Å². The number of ether oxygens (including phenoxy) is 2. The molecule has 108 valence electrons. The number of nitrogens with one attached hydrogen (secondary N) is 1. The first-order chi connectivity index (χ1) is 8.76. The molecule has 0 heterocycles. The number of hydrogen-bond donors (Lipinski definition) is 2. The lowest BCUT2D eigenvalue weighted by Gasteiger charge is -2.21. The van der Waals surface area contributed by atoms with Crippen LogP contribution in [0.4, 0.5) is 4.79 Å². The summed E-state index contributed by atoms with van der Waals surface area (Å²) in [6.45, 7) is 5.30. The van der Waals surface area contributed by atoms with Crippen LogP contribution in [0.15, 0.2) is 0 Å². The van der Waals surface area contributed by atoms with Crippen LogP contribution in [-0.4, -0.2) is 42.0 Å². The number of carbonyl (C=O) groups excluding carboxylic acids is 1. The summed E-state index contributed by atoms with van der Waals surface area (Å²) in [5.74, 6) is 1.27. The van der Waals surface area contributed by atoms with Gasteiger partial charge < -0.3 is 19.9 Å². The van der Waals surface area contributed by atoms with Crippen molar-refractivity contribution in [2.45, 2.75) is 45.3 Å². The van der Waals surface area contributed by atoms with Gasteiger partial charge in [-0.1, -0.05) is 0 Å². The van der Waals surface area contributed by atoms with Crippen molar-refractivity contribution in [3.05, 3.63) is 0 Å². The minimum atomic E-state index is -1.18. The lowest BCUT2D eigenvalue weighted by molar-refractivity contribution is -0.141. The van der Waals surface area contributed by atoms with E-state index in [-0.39, 0.29) is 6.61 Å². The zero-order chi connectivity index (χ0) is 14.9. The summed E-state index contributed by atoms with van der Waals surface area (Å²) < 4.78 is 10.1. The van der Waals surface area contributed by atoms with E-state index in [9.17, 15) is 9.59 Å². The molecule has 0 aliphatic rings. The van der Waals surface area contributed by atoms with Crippen LogP contribution >= 0.6 is 0 Å². The molecule has 0 rings (SSSR count). The van der Waals surface area contributed by atoms with Gasteiger partial charge in [0, 0.05) is 13.0 Å². The number of amides is 1. The van der Waals surface area contributed by atoms with Gasteiger partial charge in [-0.25, -0.2) is 9.59 Å². The molecule has 19 heavy (non-hydrogen) atoms. The third-order valence-electron chi connectivity index (χ3n) is 1.88. The number of carboxylic acid groups (broad SMARTS) is 1. The summed E-state index contributed by atoms with van der Waals surface area (Å²) in [5, 5.41) is 11.2. The molecular formula is C13H21NO5. The molecule has 0 spiro atoms. The number of hydrogen-bond acceptors (Lipinski definition) is 4. The summed E-state index contributed by atoms with van der Waals surface area (Å²) in [7, 11) is 0. The largest absolute Gasteiger partial charge is 0.480 e. The number of carboxylic acids is 1. The smallest absolute Gasteiger partial charge is 0.408 e. The van der Waals surface area contributed by atoms with Gasteiger partial charge in [0.15, 0.2) is 6.04 Å². The van der Waals surface area contributed by atoms with E-state index in [2.05, 4.69) is 11.2 Å². The van der Waals surface area contributed by atoms with Gasteiger partial charge in [0.1, 0.15) is 5.60 Å². The first-order valence-electron chi connectivity index (χ1n) is 6.00. The number of aliphatic carboxylic acids is 1. The fourth-order valence-corrected chi connectivity index (χ4v) is 1.10. The van der Waals surface area contributed by atoms with Gasteiger partial charge in [0.05, 0.1) is 6.61 Å². The average molecular weight is 271 g/mol. The number of terminal acetylenes is 1. The molecule has 1 amide bonds. The Hall–Kier alpha value is -1.74. The fraction of sp³-hybridized carbons (Fsp3) is 0.692. The van der Waals surface area contributed by atoms with Crippen molar-refractivity contribution in [3.63, 3.8) is 0 Å². The molecule has 0 saturated carbocycles. The second-order valence-corrected chi connectivity index (χ2v) is 4.92. The van der Waals surface area contributed by atoms with Crippen molar-refractivity contribution in [2.24, 2.45) is 0 Å². The molecule has 0 aromatic carbocycles. The van der Waals surface area contributed by atoms with Crippen molar-refractivity contribution in [1.82, 2.24) is 5.32 Å². The van der Waals surface area contributed by atoms with Crippen molar-refractivity contribution in [3.8, 4) is 12.3 Å². The molecule has 0 aromatic heterocycles. The molecular weight excluding hydrogens is 250 g/mol. The Morgan fingerprint density at radius 3 is 2.53 bits per heavy atom. The Balaban J connectivity index is 4.10. The maximum absolute atomic E-state index is 11.4. The van der Waals surface area contributed by atoms with Gasteiger partial charge in [-0.3, -0.25) is 0 Å². The molecule has 2 N–H and O–H groups in total. The van der Waals surface area contributed by atoms with Crippen LogP contribution in [0.1, 0.15) is 33.6 Å². The van der Waals surface area contributed by atoms with E-state index in [1.165, 1.54) is 0 Å². The van der Waals surface area contributed by atoms with Crippen LogP contribution in [0.3, 0.4) is 0 Å². The Morgan fingerprint density at radius 2 is 2.05 bits per heavy atom. The quantitative estimate of drug-likeness (QED) is 0.540. The van der Waals surface area contributed by atoms with Gasteiger partial charge >= 0.3 is 12.1 Å². The lowest BCUT2D eigenvalue weighted by Crippen LogP contribution is -2.46. The van der Waals surface area contributed by atoms with Gasteiger partial charge in [-0.2, -0.15) is 0 Å². The predicted molar refractivity (Wildman–Crippen MR) is 69.7 cm³/mol. The highest BCUT2D eigenvalue weighted by atomic mass is 16.6. The van der Waals surface area contributed by atoms with Gasteiger partial charge in [0.25, 0.3) is 0 Å². The van der Waals surface area contributed by atoms with Gasteiger partial charge in [0.2, 0.25) is 0 Å². The summed E-state index contributed by atoms with van der Waals surface area (Å²) in [6, 6.07) is -1.14. The molecule has 0 bridgehead atoms. The first-order valence-corrected chi connectivity index (χ1v) is 6.00. The van der Waals surface area contributed by atoms with Gasteiger partial charge in [-0.15, -0.1) is 12.3 Å². The highest BCUT2D eigenvalue weighted by Gasteiger charge is 2.23. The number of carbonyl (C=O) groups is 2. The van der Waals surface area contributed by atoms with Crippen molar-refractivity contribution >= 4 is 12.1 Å². The maximum Gasteiger partial charge on any atom is 0.408 e. The van der Waals surface area contributed by atoms with Crippen molar-refractivity contribution < 1.29 is 24.2 Å². The molecule has 1 atom stereocenters. The minimum absolute atomic E-state index is 0.126. The predicted octanol–water partition coefficient (Wildman–Crippen LogP) is 1.39. The molecule has 0 aromatic rings. The SMILES string of the molecule is C#CCCCOCC(NC(=O)OC(C)(C)C)C(=O)O. The zero-order valence-corrected chi connectivity index (χ0v) is 11.6. The van der Waals surface area contributed by atoms with Crippen molar-refractivity contribution in [2.75, 3.05) is 13.2 Å². The summed E-state index contributed by atoms with van der Waals surface area (Å²) in [5.41, 5.74) is -0.680. The van der Waals surface area contributed by atoms with E-state index in [1.807, 2.05) is 0 Å². The van der Waals surface area contributed by atoms with E-state index in [0.29, 0.717) is 19.4 Å². The number of alkyl carbamates (subject to hydrolysis) is 1. The molecule has 1 unspecified atom stereocenters. The van der Waals surface area contributed by atoms with Gasteiger partial charge in [-0.05, 0) is 27.2 Å². The van der Waals surface area contributed by atoms with E-state index >= 15 is 0 Å². The summed E-state index contributed by atoms with van der Waals surface area (Å²) in [6.07, 6.45) is 5.50. The van der Waals surface area contributed by atoms with E-state index in [4.69, 9.17) is 21.0 Å². The molecule has 6 heteroatoms. The van der Waals surface area contributed by atoms with Crippen LogP contribution in [0.5, 0.6) is 0 Å². The third-order valence-corrected chi connectivity index (χ3v) is 1.88. The average Bonchev–Trinajstić information content (AvgIpc) is 2.24. The summed E-state index contributed by atoms with van der Waals surface area (Å²) in [4.78, 5) is 22.4. The second-order valence-electron chi connectivity index (χ2n) is 4.92. The zero-order valence-electron chi connectivity index (χ0n) is 11.6. The normalized spacial score (nSPS) is 12.3. The maximum atomic E-state index is 11.4. The van der Waals surface area contributed by atoms with Crippen LogP contribution < -0.4 is 5.32 Å². The molecule has 0 radical (unpaired) electrons. The lowest BCUT2D eigenvalue weighted by atomic mass is 10.2. The minimum Gasteiger partial charge on any atom is -0.480 e. The van der Waals surface area contributed by atoms with Crippen LogP contribution in [0, 0.1) is 12.3 Å². The summed E-state index contributed by atoms with van der Waals surface area (Å²) >= 11 is 0. The Bertz CT molecular complexity index is 340. The van der Waals surface area contributed by atoms with Crippen LogP contribution in [0.2, 0.25) is 0 Å². The fourth-order valence-electron chi connectivity index (χ4n) is 1.10. The standard InChI is InChI=1S/C13H21NO5/c1-5-6-7-8-18-9-10(11(15)16)14-12(17)19-13(2,3)4/h1,10H,6-9H2,2-4H3,(H,14,17)(H,15,16).